The molecule has 7 heteroatoms. The molecule has 1 unspecified atom stereocenters. The lowest BCUT2D eigenvalue weighted by Crippen LogP contribution is -2.28. The minimum atomic E-state index is -0.875. The molecule has 98 valence electrons. The molecule has 0 aliphatic carbocycles. The Kier molecular flexibility index (Phi) is 4.66. The standard InChI is InChI=1S/C11H13BrN2O4/c1-7(11(15)16)6-13(2)10-4-3-8(14(17)18)5-9(10)12/h3-5,7H,6H2,1-2H3,(H,15,16). The molecule has 1 atom stereocenters. The number of carboxylic acid groups (broad SMARTS) is 1. The molecule has 18 heavy (non-hydrogen) atoms. The molecule has 0 radical (unpaired) electrons. The molecule has 0 aliphatic heterocycles. The number of hydrogen-bond donors (Lipinski definition) is 1. The number of nitro benzene ring substituents is 1. The van der Waals surface area contributed by atoms with Gasteiger partial charge >= 0.3 is 5.97 Å². The summed E-state index contributed by atoms with van der Waals surface area (Å²) >= 11 is 3.25. The van der Waals surface area contributed by atoms with Gasteiger partial charge in [0.15, 0.2) is 0 Å². The average Bonchev–Trinajstić information content (AvgIpc) is 2.28. The number of hydrogen-bond acceptors (Lipinski definition) is 4. The molecule has 6 nitrogen and oxygen atoms in total. The topological polar surface area (TPSA) is 83.7 Å². The van der Waals surface area contributed by atoms with Crippen LogP contribution in [0.2, 0.25) is 0 Å². The molecule has 0 fully saturated rings. The van der Waals surface area contributed by atoms with Crippen LogP contribution >= 0.6 is 15.9 Å². The summed E-state index contributed by atoms with van der Waals surface area (Å²) in [6.07, 6.45) is 0. The van der Waals surface area contributed by atoms with Gasteiger partial charge in [0.05, 0.1) is 16.5 Å². The molecular weight excluding hydrogens is 304 g/mol. The predicted octanol–water partition coefficient (Wildman–Crippen LogP) is 2.51. The molecule has 0 spiro atoms. The monoisotopic (exact) mass is 316 g/mol. The summed E-state index contributed by atoms with van der Waals surface area (Å²) < 4.78 is 0.566. The van der Waals surface area contributed by atoms with Crippen molar-refractivity contribution >= 4 is 33.3 Å². The number of rotatable bonds is 5. The van der Waals surface area contributed by atoms with Crippen LogP contribution in [0.1, 0.15) is 6.92 Å². The number of aliphatic carboxylic acids is 1. The van der Waals surface area contributed by atoms with E-state index in [2.05, 4.69) is 15.9 Å². The maximum atomic E-state index is 10.8. The number of nitro groups is 1. The van der Waals surface area contributed by atoms with Crippen LogP contribution < -0.4 is 4.90 Å². The lowest BCUT2D eigenvalue weighted by molar-refractivity contribution is -0.384. The van der Waals surface area contributed by atoms with Crippen LogP contribution in [-0.2, 0) is 4.79 Å². The summed E-state index contributed by atoms with van der Waals surface area (Å²) in [7, 11) is 1.74. The van der Waals surface area contributed by atoms with Crippen molar-refractivity contribution in [1.82, 2.24) is 0 Å². The van der Waals surface area contributed by atoms with Crippen molar-refractivity contribution in [1.29, 1.82) is 0 Å². The van der Waals surface area contributed by atoms with Gasteiger partial charge < -0.3 is 10.0 Å². The lowest BCUT2D eigenvalue weighted by Gasteiger charge is -2.22. The van der Waals surface area contributed by atoms with Gasteiger partial charge in [-0.2, -0.15) is 0 Å². The fourth-order valence-corrected chi connectivity index (χ4v) is 2.18. The zero-order chi connectivity index (χ0) is 13.9. The average molecular weight is 317 g/mol. The van der Waals surface area contributed by atoms with E-state index < -0.39 is 16.8 Å². The second kappa shape index (κ2) is 5.81. The Morgan fingerprint density at radius 1 is 1.61 bits per heavy atom. The van der Waals surface area contributed by atoms with Gasteiger partial charge in [0.2, 0.25) is 0 Å². The Balaban J connectivity index is 2.90. The highest BCUT2D eigenvalue weighted by Crippen LogP contribution is 2.29. The zero-order valence-corrected chi connectivity index (χ0v) is 11.5. The fourth-order valence-electron chi connectivity index (χ4n) is 1.51. The maximum Gasteiger partial charge on any atom is 0.308 e. The zero-order valence-electron chi connectivity index (χ0n) is 9.96. The van der Waals surface area contributed by atoms with Crippen LogP contribution in [0.15, 0.2) is 22.7 Å². The fraction of sp³-hybridized carbons (Fsp3) is 0.364. The van der Waals surface area contributed by atoms with Crippen molar-refractivity contribution in [2.75, 3.05) is 18.5 Å². The quantitative estimate of drug-likeness (QED) is 0.666. The minimum Gasteiger partial charge on any atom is -0.481 e. The Morgan fingerprint density at radius 3 is 2.67 bits per heavy atom. The predicted molar refractivity (Wildman–Crippen MR) is 70.9 cm³/mol. The Morgan fingerprint density at radius 2 is 2.22 bits per heavy atom. The summed E-state index contributed by atoms with van der Waals surface area (Å²) in [5.74, 6) is -1.39. The van der Waals surface area contributed by atoms with E-state index in [1.807, 2.05) is 0 Å². The first-order valence-electron chi connectivity index (χ1n) is 5.20. The lowest BCUT2D eigenvalue weighted by atomic mass is 10.1. The van der Waals surface area contributed by atoms with Crippen LogP contribution in [0.4, 0.5) is 11.4 Å². The third-order valence-corrected chi connectivity index (χ3v) is 3.16. The van der Waals surface area contributed by atoms with Gasteiger partial charge in [-0.05, 0) is 22.0 Å². The van der Waals surface area contributed by atoms with E-state index in [-0.39, 0.29) is 5.69 Å². The summed E-state index contributed by atoms with van der Waals surface area (Å²) in [4.78, 5) is 22.6. The number of halogens is 1. The van der Waals surface area contributed by atoms with E-state index in [0.29, 0.717) is 16.7 Å². The number of nitrogens with zero attached hydrogens (tertiary/aromatic N) is 2. The van der Waals surface area contributed by atoms with Gasteiger partial charge in [0.25, 0.3) is 5.69 Å². The highest BCUT2D eigenvalue weighted by Gasteiger charge is 2.17. The van der Waals surface area contributed by atoms with Crippen molar-refractivity contribution in [3.8, 4) is 0 Å². The van der Waals surface area contributed by atoms with Crippen molar-refractivity contribution in [3.05, 3.63) is 32.8 Å². The first-order valence-corrected chi connectivity index (χ1v) is 6.00. The first-order chi connectivity index (χ1) is 8.32. The molecule has 0 aliphatic rings. The molecule has 0 amide bonds. The largest absolute Gasteiger partial charge is 0.481 e. The SMILES string of the molecule is CC(CN(C)c1ccc([N+](=O)[O-])cc1Br)C(=O)O. The van der Waals surface area contributed by atoms with Gasteiger partial charge in [-0.25, -0.2) is 0 Å². The van der Waals surface area contributed by atoms with E-state index in [4.69, 9.17) is 5.11 Å². The minimum absolute atomic E-state index is 0.00897. The number of carbonyl (C=O) groups is 1. The summed E-state index contributed by atoms with van der Waals surface area (Å²) in [5, 5.41) is 19.4. The van der Waals surface area contributed by atoms with Crippen molar-refractivity contribution in [3.63, 3.8) is 0 Å². The van der Waals surface area contributed by atoms with Gasteiger partial charge in [0.1, 0.15) is 0 Å². The van der Waals surface area contributed by atoms with Crippen LogP contribution in [0, 0.1) is 16.0 Å². The normalized spacial score (nSPS) is 11.9. The van der Waals surface area contributed by atoms with E-state index in [0.717, 1.165) is 0 Å². The number of anilines is 1. The molecule has 0 saturated carbocycles. The third kappa shape index (κ3) is 3.43. The Hall–Kier alpha value is -1.63. The summed E-state index contributed by atoms with van der Waals surface area (Å²) in [5.41, 5.74) is 0.707. The van der Waals surface area contributed by atoms with E-state index in [1.165, 1.54) is 12.1 Å². The second-order valence-electron chi connectivity index (χ2n) is 4.01. The maximum absolute atomic E-state index is 10.8. The molecule has 0 heterocycles. The molecular formula is C11H13BrN2O4. The Labute approximate surface area is 112 Å². The molecule has 0 saturated heterocycles. The molecule has 0 aromatic heterocycles. The summed E-state index contributed by atoms with van der Waals surface area (Å²) in [6.45, 7) is 1.93. The van der Waals surface area contributed by atoms with Crippen molar-refractivity contribution < 1.29 is 14.8 Å². The van der Waals surface area contributed by atoms with Crippen molar-refractivity contribution in [2.45, 2.75) is 6.92 Å². The highest BCUT2D eigenvalue weighted by molar-refractivity contribution is 9.10. The smallest absolute Gasteiger partial charge is 0.308 e. The van der Waals surface area contributed by atoms with E-state index in [9.17, 15) is 14.9 Å². The van der Waals surface area contributed by atoms with Crippen molar-refractivity contribution in [2.24, 2.45) is 5.92 Å². The van der Waals surface area contributed by atoms with E-state index >= 15 is 0 Å². The molecule has 1 aromatic rings. The third-order valence-electron chi connectivity index (χ3n) is 2.52. The molecule has 1 N–H and O–H groups in total. The van der Waals surface area contributed by atoms with Crippen LogP contribution in [-0.4, -0.2) is 29.6 Å². The Bertz CT molecular complexity index is 478. The highest BCUT2D eigenvalue weighted by atomic mass is 79.9. The van der Waals surface area contributed by atoms with Gasteiger partial charge in [-0.3, -0.25) is 14.9 Å². The molecule has 1 rings (SSSR count). The van der Waals surface area contributed by atoms with E-state index in [1.54, 1.807) is 24.9 Å². The van der Waals surface area contributed by atoms with Gasteiger partial charge in [0, 0.05) is 30.2 Å². The molecule has 0 bridgehead atoms. The number of benzene rings is 1. The second-order valence-corrected chi connectivity index (χ2v) is 4.87. The van der Waals surface area contributed by atoms with Gasteiger partial charge in [-0.15, -0.1) is 0 Å². The van der Waals surface area contributed by atoms with Crippen LogP contribution in [0.3, 0.4) is 0 Å². The summed E-state index contributed by atoms with van der Waals surface area (Å²) in [6, 6.07) is 4.39. The van der Waals surface area contributed by atoms with Gasteiger partial charge in [-0.1, -0.05) is 6.92 Å². The first kappa shape index (κ1) is 14.4. The number of carboxylic acids is 1. The van der Waals surface area contributed by atoms with Crippen LogP contribution in [0.25, 0.3) is 0 Å². The number of non-ortho nitro benzene ring substituents is 1. The molecule has 1 aromatic carbocycles. The van der Waals surface area contributed by atoms with Crippen LogP contribution in [0.5, 0.6) is 0 Å².